The highest BCUT2D eigenvalue weighted by atomic mass is 16.5. The zero-order valence-corrected chi connectivity index (χ0v) is 11.2. The lowest BCUT2D eigenvalue weighted by Gasteiger charge is -2.20. The lowest BCUT2D eigenvalue weighted by molar-refractivity contribution is 0.160. The van der Waals surface area contributed by atoms with Gasteiger partial charge in [-0.2, -0.15) is 0 Å². The van der Waals surface area contributed by atoms with Gasteiger partial charge < -0.3 is 14.9 Å². The second kappa shape index (κ2) is 7.51. The van der Waals surface area contributed by atoms with Crippen molar-refractivity contribution >= 4 is 0 Å². The summed E-state index contributed by atoms with van der Waals surface area (Å²) < 4.78 is 10.7. The van der Waals surface area contributed by atoms with Gasteiger partial charge in [0.25, 0.3) is 0 Å². The fourth-order valence-electron chi connectivity index (χ4n) is 2.13. The van der Waals surface area contributed by atoms with E-state index in [1.807, 2.05) is 12.1 Å². The number of hydrogen-bond donors (Lipinski definition) is 1. The van der Waals surface area contributed by atoms with Gasteiger partial charge in [-0.3, -0.25) is 0 Å². The monoisotopic (exact) mass is 239 g/mol. The SMILES string of the molecule is CCCCC(CC)C(N)c1ccc(COC)o1. The second-order valence-electron chi connectivity index (χ2n) is 4.57. The van der Waals surface area contributed by atoms with E-state index < -0.39 is 0 Å². The van der Waals surface area contributed by atoms with E-state index in [9.17, 15) is 0 Å². The maximum absolute atomic E-state index is 6.27. The number of methoxy groups -OCH3 is 1. The van der Waals surface area contributed by atoms with Gasteiger partial charge in [-0.25, -0.2) is 0 Å². The largest absolute Gasteiger partial charge is 0.462 e. The zero-order valence-electron chi connectivity index (χ0n) is 11.2. The van der Waals surface area contributed by atoms with Crippen molar-refractivity contribution in [2.75, 3.05) is 7.11 Å². The minimum absolute atomic E-state index is 0.0113. The topological polar surface area (TPSA) is 48.4 Å². The van der Waals surface area contributed by atoms with Gasteiger partial charge in [0.05, 0.1) is 6.04 Å². The predicted octanol–water partition coefficient (Wildman–Crippen LogP) is 3.64. The summed E-state index contributed by atoms with van der Waals surface area (Å²) in [5, 5.41) is 0. The summed E-state index contributed by atoms with van der Waals surface area (Å²) in [5.74, 6) is 2.25. The molecule has 0 spiro atoms. The van der Waals surface area contributed by atoms with Gasteiger partial charge in [-0.05, 0) is 24.5 Å². The van der Waals surface area contributed by atoms with E-state index in [1.165, 1.54) is 19.3 Å². The average Bonchev–Trinajstić information content (AvgIpc) is 2.79. The number of ether oxygens (including phenoxy) is 1. The first-order valence-corrected chi connectivity index (χ1v) is 6.56. The Hall–Kier alpha value is -0.800. The standard InChI is InChI=1S/C14H25NO2/c1-4-6-7-11(5-2)14(15)13-9-8-12(17-13)10-16-3/h8-9,11,14H,4-7,10,15H2,1-3H3. The van der Waals surface area contributed by atoms with Crippen molar-refractivity contribution in [2.24, 2.45) is 11.7 Å². The van der Waals surface area contributed by atoms with E-state index in [4.69, 9.17) is 14.9 Å². The van der Waals surface area contributed by atoms with Crippen LogP contribution in [0.25, 0.3) is 0 Å². The molecule has 0 aliphatic rings. The lowest BCUT2D eigenvalue weighted by Crippen LogP contribution is -2.20. The lowest BCUT2D eigenvalue weighted by atomic mass is 9.90. The van der Waals surface area contributed by atoms with Crippen molar-refractivity contribution in [3.63, 3.8) is 0 Å². The maximum atomic E-state index is 6.27. The molecule has 0 bridgehead atoms. The zero-order chi connectivity index (χ0) is 12.7. The summed E-state index contributed by atoms with van der Waals surface area (Å²) in [6.45, 7) is 4.92. The Labute approximate surface area is 104 Å². The van der Waals surface area contributed by atoms with Crippen LogP contribution < -0.4 is 5.73 Å². The molecule has 0 aliphatic heterocycles. The Balaban J connectivity index is 2.61. The Morgan fingerprint density at radius 2 is 2.12 bits per heavy atom. The minimum atomic E-state index is 0.0113. The third kappa shape index (κ3) is 4.17. The van der Waals surface area contributed by atoms with Gasteiger partial charge in [0.1, 0.15) is 18.1 Å². The van der Waals surface area contributed by atoms with Crippen LogP contribution >= 0.6 is 0 Å². The smallest absolute Gasteiger partial charge is 0.129 e. The molecule has 0 aliphatic carbocycles. The molecule has 0 amide bonds. The Morgan fingerprint density at radius 3 is 2.71 bits per heavy atom. The third-order valence-corrected chi connectivity index (χ3v) is 3.26. The van der Waals surface area contributed by atoms with Crippen LogP contribution in [0.15, 0.2) is 16.5 Å². The molecule has 0 saturated carbocycles. The molecular weight excluding hydrogens is 214 g/mol. The van der Waals surface area contributed by atoms with E-state index in [0.717, 1.165) is 17.9 Å². The van der Waals surface area contributed by atoms with E-state index in [1.54, 1.807) is 7.11 Å². The summed E-state index contributed by atoms with van der Waals surface area (Å²) in [6, 6.07) is 3.94. The van der Waals surface area contributed by atoms with Crippen LogP contribution in [0.1, 0.15) is 57.1 Å². The molecule has 1 aromatic heterocycles. The Kier molecular flexibility index (Phi) is 6.30. The highest BCUT2D eigenvalue weighted by Gasteiger charge is 2.20. The first-order chi connectivity index (χ1) is 8.22. The molecule has 1 aromatic rings. The molecule has 0 saturated heterocycles. The van der Waals surface area contributed by atoms with Crippen LogP contribution in [0.5, 0.6) is 0 Å². The van der Waals surface area contributed by atoms with Gasteiger partial charge >= 0.3 is 0 Å². The fraction of sp³-hybridized carbons (Fsp3) is 0.714. The normalized spacial score (nSPS) is 14.8. The molecule has 0 fully saturated rings. The molecule has 2 atom stereocenters. The van der Waals surface area contributed by atoms with E-state index in [0.29, 0.717) is 12.5 Å². The molecule has 3 heteroatoms. The first-order valence-electron chi connectivity index (χ1n) is 6.56. The van der Waals surface area contributed by atoms with Crippen molar-refractivity contribution in [2.45, 2.75) is 52.2 Å². The van der Waals surface area contributed by atoms with Crippen LogP contribution in [0, 0.1) is 5.92 Å². The van der Waals surface area contributed by atoms with Crippen LogP contribution in [0.3, 0.4) is 0 Å². The summed E-state index contributed by atoms with van der Waals surface area (Å²) >= 11 is 0. The maximum Gasteiger partial charge on any atom is 0.129 e. The summed E-state index contributed by atoms with van der Waals surface area (Å²) in [5.41, 5.74) is 6.27. The van der Waals surface area contributed by atoms with Crippen LogP contribution in [-0.2, 0) is 11.3 Å². The van der Waals surface area contributed by atoms with Crippen molar-refractivity contribution < 1.29 is 9.15 Å². The number of unbranched alkanes of at least 4 members (excludes halogenated alkanes) is 1. The predicted molar refractivity (Wildman–Crippen MR) is 69.7 cm³/mol. The fourth-order valence-corrected chi connectivity index (χ4v) is 2.13. The minimum Gasteiger partial charge on any atom is -0.462 e. The molecule has 2 N–H and O–H groups in total. The van der Waals surface area contributed by atoms with Crippen molar-refractivity contribution in [3.8, 4) is 0 Å². The number of hydrogen-bond acceptors (Lipinski definition) is 3. The van der Waals surface area contributed by atoms with Gasteiger partial charge in [-0.1, -0.05) is 33.1 Å². The molecule has 1 rings (SSSR count). The Morgan fingerprint density at radius 1 is 1.35 bits per heavy atom. The van der Waals surface area contributed by atoms with Gasteiger partial charge in [0, 0.05) is 7.11 Å². The average molecular weight is 239 g/mol. The molecule has 2 unspecified atom stereocenters. The van der Waals surface area contributed by atoms with E-state index in [-0.39, 0.29) is 6.04 Å². The molecule has 17 heavy (non-hydrogen) atoms. The highest BCUT2D eigenvalue weighted by molar-refractivity contribution is 5.10. The van der Waals surface area contributed by atoms with Crippen molar-refractivity contribution in [1.29, 1.82) is 0 Å². The van der Waals surface area contributed by atoms with Crippen LogP contribution in [0.4, 0.5) is 0 Å². The van der Waals surface area contributed by atoms with Gasteiger partial charge in [-0.15, -0.1) is 0 Å². The summed E-state index contributed by atoms with van der Waals surface area (Å²) in [7, 11) is 1.66. The number of rotatable bonds is 8. The quantitative estimate of drug-likeness (QED) is 0.753. The Bertz CT molecular complexity index is 309. The molecule has 0 aromatic carbocycles. The number of nitrogens with two attached hydrogens (primary N) is 1. The summed E-state index contributed by atoms with van der Waals surface area (Å²) in [6.07, 6.45) is 4.73. The van der Waals surface area contributed by atoms with Gasteiger partial charge in [0.15, 0.2) is 0 Å². The molecule has 1 heterocycles. The molecule has 0 radical (unpaired) electrons. The highest BCUT2D eigenvalue weighted by Crippen LogP contribution is 2.28. The van der Waals surface area contributed by atoms with Crippen molar-refractivity contribution in [3.05, 3.63) is 23.7 Å². The van der Waals surface area contributed by atoms with Crippen molar-refractivity contribution in [1.82, 2.24) is 0 Å². The second-order valence-corrected chi connectivity index (χ2v) is 4.57. The molecule has 3 nitrogen and oxygen atoms in total. The van der Waals surface area contributed by atoms with Gasteiger partial charge in [0.2, 0.25) is 0 Å². The summed E-state index contributed by atoms with van der Waals surface area (Å²) in [4.78, 5) is 0. The first kappa shape index (κ1) is 14.3. The number of furan rings is 1. The van der Waals surface area contributed by atoms with E-state index >= 15 is 0 Å². The molecular formula is C14H25NO2. The van der Waals surface area contributed by atoms with E-state index in [2.05, 4.69) is 13.8 Å². The van der Waals surface area contributed by atoms with Crippen LogP contribution in [0.2, 0.25) is 0 Å². The third-order valence-electron chi connectivity index (χ3n) is 3.26. The van der Waals surface area contributed by atoms with Crippen LogP contribution in [-0.4, -0.2) is 7.11 Å². The molecule has 98 valence electrons.